The van der Waals surface area contributed by atoms with Crippen molar-refractivity contribution in [3.63, 3.8) is 0 Å². The quantitative estimate of drug-likeness (QED) is 0.808. The molecule has 2 aromatic rings. The highest BCUT2D eigenvalue weighted by atomic mass is 16.5. The first-order valence-electron chi connectivity index (χ1n) is 5.09. The smallest absolute Gasteiger partial charge is 0.162 e. The molecule has 17 heavy (non-hydrogen) atoms. The number of methoxy groups -OCH3 is 1. The van der Waals surface area contributed by atoms with Crippen LogP contribution >= 0.6 is 0 Å². The van der Waals surface area contributed by atoms with Gasteiger partial charge >= 0.3 is 0 Å². The highest BCUT2D eigenvalue weighted by Gasteiger charge is 2.08. The minimum Gasteiger partial charge on any atom is -0.504 e. The van der Waals surface area contributed by atoms with E-state index in [0.717, 1.165) is 0 Å². The Kier molecular flexibility index (Phi) is 3.24. The third kappa shape index (κ3) is 2.36. The summed E-state index contributed by atoms with van der Waals surface area (Å²) >= 11 is 0. The number of aromatic hydroxyl groups is 1. The average Bonchev–Trinajstić information content (AvgIpc) is 2.79. The first-order valence-corrected chi connectivity index (χ1v) is 5.09. The number of phenols is 1. The number of aliphatic hydroxyl groups excluding tert-OH is 1. The average molecular weight is 235 g/mol. The fraction of sp³-hybridized carbons (Fsp3) is 0.273. The summed E-state index contributed by atoms with van der Waals surface area (Å²) in [4.78, 5) is 0. The molecule has 6 nitrogen and oxygen atoms in total. The second-order valence-electron chi connectivity index (χ2n) is 3.53. The lowest BCUT2D eigenvalue weighted by Gasteiger charge is -2.08. The number of benzene rings is 1. The molecule has 0 amide bonds. The first kappa shape index (κ1) is 11.4. The van der Waals surface area contributed by atoms with Gasteiger partial charge in [0.05, 0.1) is 26.5 Å². The van der Waals surface area contributed by atoms with E-state index in [1.807, 2.05) is 0 Å². The first-order chi connectivity index (χ1) is 8.24. The molecule has 0 aliphatic heterocycles. The maximum atomic E-state index is 9.88. The predicted molar refractivity (Wildman–Crippen MR) is 59.7 cm³/mol. The Bertz CT molecular complexity index is 510. The van der Waals surface area contributed by atoms with Crippen LogP contribution in [0.4, 0.5) is 0 Å². The van der Waals surface area contributed by atoms with Crippen molar-refractivity contribution in [2.45, 2.75) is 13.2 Å². The molecule has 0 atom stereocenters. The number of rotatable bonds is 4. The van der Waals surface area contributed by atoms with E-state index >= 15 is 0 Å². The van der Waals surface area contributed by atoms with Gasteiger partial charge in [-0.25, -0.2) is 4.68 Å². The van der Waals surface area contributed by atoms with Crippen LogP contribution in [0.15, 0.2) is 24.4 Å². The summed E-state index contributed by atoms with van der Waals surface area (Å²) in [5.74, 6) is 0.515. The van der Waals surface area contributed by atoms with Crippen molar-refractivity contribution in [1.82, 2.24) is 15.0 Å². The maximum absolute atomic E-state index is 9.88. The molecule has 6 heteroatoms. The Hall–Kier alpha value is -2.08. The van der Waals surface area contributed by atoms with Gasteiger partial charge in [0.25, 0.3) is 0 Å². The van der Waals surface area contributed by atoms with Crippen molar-refractivity contribution in [1.29, 1.82) is 0 Å². The largest absolute Gasteiger partial charge is 0.504 e. The normalized spacial score (nSPS) is 10.5. The lowest BCUT2D eigenvalue weighted by Crippen LogP contribution is -2.01. The number of nitrogens with zero attached hydrogens (tertiary/aromatic N) is 3. The number of aliphatic hydroxyl groups is 1. The van der Waals surface area contributed by atoms with E-state index < -0.39 is 0 Å². The molecule has 0 fully saturated rings. The minimum absolute atomic E-state index is 0.0936. The molecular weight excluding hydrogens is 222 g/mol. The van der Waals surface area contributed by atoms with Crippen molar-refractivity contribution in [3.8, 4) is 11.5 Å². The lowest BCUT2D eigenvalue weighted by molar-refractivity contribution is 0.276. The minimum atomic E-state index is -0.149. The topological polar surface area (TPSA) is 80.4 Å². The zero-order chi connectivity index (χ0) is 12.3. The van der Waals surface area contributed by atoms with Crippen molar-refractivity contribution in [2.24, 2.45) is 0 Å². The molecule has 0 spiro atoms. The van der Waals surface area contributed by atoms with Gasteiger partial charge in [0, 0.05) is 5.56 Å². The standard InChI is InChI=1S/C11H13N3O3/c1-17-10-4-2-3-8(11(10)16)5-14-6-9(7-15)12-13-14/h2-4,6,15-16H,5,7H2,1H3. The second kappa shape index (κ2) is 4.84. The van der Waals surface area contributed by atoms with Gasteiger partial charge < -0.3 is 14.9 Å². The number of hydrogen-bond acceptors (Lipinski definition) is 5. The van der Waals surface area contributed by atoms with Gasteiger partial charge in [0.1, 0.15) is 5.69 Å². The van der Waals surface area contributed by atoms with Gasteiger partial charge in [-0.2, -0.15) is 0 Å². The molecule has 90 valence electrons. The molecule has 0 saturated carbocycles. The second-order valence-corrected chi connectivity index (χ2v) is 3.53. The van der Waals surface area contributed by atoms with Gasteiger partial charge in [0.15, 0.2) is 11.5 Å². The third-order valence-corrected chi connectivity index (χ3v) is 2.38. The molecule has 2 rings (SSSR count). The van der Waals surface area contributed by atoms with Crippen LogP contribution in [-0.2, 0) is 13.2 Å². The number of para-hydroxylation sites is 1. The summed E-state index contributed by atoms with van der Waals surface area (Å²) in [5.41, 5.74) is 1.17. The zero-order valence-corrected chi connectivity index (χ0v) is 9.37. The molecule has 0 aliphatic carbocycles. The SMILES string of the molecule is COc1cccc(Cn2cc(CO)nn2)c1O. The molecule has 0 bridgehead atoms. The summed E-state index contributed by atoms with van der Waals surface area (Å²) in [6.45, 7) is 0.222. The fourth-order valence-electron chi connectivity index (χ4n) is 1.52. The Labute approximate surface area is 98.1 Å². The van der Waals surface area contributed by atoms with E-state index in [-0.39, 0.29) is 12.4 Å². The molecule has 1 aromatic heterocycles. The zero-order valence-electron chi connectivity index (χ0n) is 9.37. The summed E-state index contributed by atoms with van der Waals surface area (Å²) in [6, 6.07) is 5.25. The van der Waals surface area contributed by atoms with E-state index in [2.05, 4.69) is 10.3 Å². The third-order valence-electron chi connectivity index (χ3n) is 2.38. The fourth-order valence-corrected chi connectivity index (χ4v) is 1.52. The summed E-state index contributed by atoms with van der Waals surface area (Å²) < 4.78 is 6.56. The number of hydrogen-bond donors (Lipinski definition) is 2. The molecule has 0 aliphatic rings. The Balaban J connectivity index is 2.23. The van der Waals surface area contributed by atoms with Crippen molar-refractivity contribution >= 4 is 0 Å². The lowest BCUT2D eigenvalue weighted by atomic mass is 10.2. The summed E-state index contributed by atoms with van der Waals surface area (Å²) in [6.07, 6.45) is 1.62. The monoisotopic (exact) mass is 235 g/mol. The Morgan fingerprint density at radius 1 is 1.41 bits per heavy atom. The van der Waals surface area contributed by atoms with Crippen LogP contribution in [0.3, 0.4) is 0 Å². The molecule has 2 N–H and O–H groups in total. The van der Waals surface area contributed by atoms with Gasteiger partial charge in [-0.05, 0) is 6.07 Å². The number of phenolic OH excluding ortho intramolecular Hbond substituents is 1. The van der Waals surface area contributed by atoms with E-state index in [1.54, 1.807) is 29.1 Å². The van der Waals surface area contributed by atoms with Crippen molar-refractivity contribution in [2.75, 3.05) is 7.11 Å². The van der Waals surface area contributed by atoms with Crippen LogP contribution in [0.25, 0.3) is 0 Å². The Morgan fingerprint density at radius 3 is 2.88 bits per heavy atom. The highest BCUT2D eigenvalue weighted by molar-refractivity contribution is 5.45. The molecular formula is C11H13N3O3. The summed E-state index contributed by atoms with van der Waals surface area (Å²) in [7, 11) is 1.50. The number of ether oxygens (including phenoxy) is 1. The van der Waals surface area contributed by atoms with Gasteiger partial charge in [-0.1, -0.05) is 17.3 Å². The van der Waals surface area contributed by atoms with Crippen LogP contribution in [0, 0.1) is 0 Å². The van der Waals surface area contributed by atoms with Crippen LogP contribution < -0.4 is 4.74 Å². The molecule has 1 heterocycles. The van der Waals surface area contributed by atoms with Crippen molar-refractivity contribution < 1.29 is 14.9 Å². The highest BCUT2D eigenvalue weighted by Crippen LogP contribution is 2.29. The Morgan fingerprint density at radius 2 is 2.24 bits per heavy atom. The van der Waals surface area contributed by atoms with E-state index in [4.69, 9.17) is 9.84 Å². The van der Waals surface area contributed by atoms with Crippen LogP contribution in [-0.4, -0.2) is 32.3 Å². The maximum Gasteiger partial charge on any atom is 0.162 e. The van der Waals surface area contributed by atoms with Gasteiger partial charge in [-0.15, -0.1) is 5.10 Å². The van der Waals surface area contributed by atoms with E-state index in [9.17, 15) is 5.11 Å². The van der Waals surface area contributed by atoms with Crippen LogP contribution in [0.5, 0.6) is 11.5 Å². The van der Waals surface area contributed by atoms with Crippen LogP contribution in [0.2, 0.25) is 0 Å². The molecule has 1 aromatic carbocycles. The van der Waals surface area contributed by atoms with Gasteiger partial charge in [0.2, 0.25) is 0 Å². The van der Waals surface area contributed by atoms with Crippen molar-refractivity contribution in [3.05, 3.63) is 35.7 Å². The van der Waals surface area contributed by atoms with E-state index in [0.29, 0.717) is 23.6 Å². The summed E-state index contributed by atoms with van der Waals surface area (Å²) in [5, 5.41) is 26.3. The molecule has 0 saturated heterocycles. The van der Waals surface area contributed by atoms with E-state index in [1.165, 1.54) is 7.11 Å². The van der Waals surface area contributed by atoms with Crippen LogP contribution in [0.1, 0.15) is 11.3 Å². The molecule has 0 unspecified atom stereocenters. The molecule has 0 radical (unpaired) electrons. The number of aromatic nitrogens is 3. The predicted octanol–water partition coefficient (Wildman–Crippen LogP) is 0.533. The van der Waals surface area contributed by atoms with Gasteiger partial charge in [-0.3, -0.25) is 0 Å².